The molecule has 192 valence electrons. The fourth-order valence-electron chi connectivity index (χ4n) is 4.86. The molecule has 37 heavy (non-hydrogen) atoms. The Balaban J connectivity index is 1.49. The highest BCUT2D eigenvalue weighted by Crippen LogP contribution is 2.36. The van der Waals surface area contributed by atoms with Crippen LogP contribution in [0.1, 0.15) is 11.1 Å². The summed E-state index contributed by atoms with van der Waals surface area (Å²) in [6.45, 7) is 3.94. The first-order chi connectivity index (χ1) is 17.9. The maximum absolute atomic E-state index is 13.6. The lowest BCUT2D eigenvalue weighted by molar-refractivity contribution is -0.122. The minimum Gasteiger partial charge on any atom is -0.497 e. The molecule has 7 nitrogen and oxygen atoms in total. The van der Waals surface area contributed by atoms with E-state index in [0.29, 0.717) is 27.8 Å². The highest BCUT2D eigenvalue weighted by atomic mass is 32.2. The molecular formula is C28H30N4O3S2. The average molecular weight is 535 g/mol. The highest BCUT2D eigenvalue weighted by Gasteiger charge is 2.33. The van der Waals surface area contributed by atoms with Gasteiger partial charge in [0.25, 0.3) is 11.5 Å². The van der Waals surface area contributed by atoms with Crippen LogP contribution in [0, 0.1) is 0 Å². The zero-order chi connectivity index (χ0) is 26.1. The number of amides is 1. The Kier molecular flexibility index (Phi) is 7.37. The summed E-state index contributed by atoms with van der Waals surface area (Å²) in [5.74, 6) is 0.647. The number of anilines is 1. The van der Waals surface area contributed by atoms with Crippen molar-refractivity contribution in [1.82, 2.24) is 14.4 Å². The van der Waals surface area contributed by atoms with Gasteiger partial charge >= 0.3 is 0 Å². The molecule has 3 aromatic rings. The van der Waals surface area contributed by atoms with Gasteiger partial charge in [0.1, 0.15) is 10.1 Å². The minimum atomic E-state index is -0.150. The second kappa shape index (κ2) is 10.7. The van der Waals surface area contributed by atoms with Crippen LogP contribution >= 0.6 is 24.0 Å². The molecule has 5 rings (SSSR count). The van der Waals surface area contributed by atoms with Gasteiger partial charge in [-0.2, -0.15) is 0 Å². The number of likely N-dealkylation sites (N-methyl/N-ethyl adjacent to an activating group) is 1. The SMILES string of the molecule is COc1ccc(CCN2C(=O)C(=Cc3c(N4CCN(C)CC4)c4ccccc4n(C)c3=O)SC2=S)cc1. The lowest BCUT2D eigenvalue weighted by Gasteiger charge is -2.35. The summed E-state index contributed by atoms with van der Waals surface area (Å²) in [6, 6.07) is 15.8. The van der Waals surface area contributed by atoms with Gasteiger partial charge in [0.05, 0.1) is 28.8 Å². The number of methoxy groups -OCH3 is 1. The average Bonchev–Trinajstić information content (AvgIpc) is 3.18. The number of para-hydroxylation sites is 1. The highest BCUT2D eigenvalue weighted by molar-refractivity contribution is 8.26. The molecule has 0 aliphatic carbocycles. The van der Waals surface area contributed by atoms with Crippen LogP contribution in [0.4, 0.5) is 5.69 Å². The van der Waals surface area contributed by atoms with Gasteiger partial charge in [-0.15, -0.1) is 0 Å². The van der Waals surface area contributed by atoms with Crippen LogP contribution in [0.5, 0.6) is 5.75 Å². The standard InChI is InChI=1S/C28H30N4O3S2/c1-29-14-16-31(17-15-29)25-21-6-4-5-7-23(21)30(2)26(33)22(25)18-24-27(34)32(28(36)37-24)13-12-19-8-10-20(35-3)11-9-19/h4-11,18H,12-17H2,1-3H3. The van der Waals surface area contributed by atoms with E-state index >= 15 is 0 Å². The number of ether oxygens (including phenoxy) is 1. The van der Waals surface area contributed by atoms with Crippen molar-refractivity contribution < 1.29 is 9.53 Å². The second-order valence-electron chi connectivity index (χ2n) is 9.37. The van der Waals surface area contributed by atoms with Crippen LogP contribution in [-0.2, 0) is 18.3 Å². The lowest BCUT2D eigenvalue weighted by atomic mass is 10.1. The third kappa shape index (κ3) is 5.03. The largest absolute Gasteiger partial charge is 0.497 e. The van der Waals surface area contributed by atoms with E-state index in [1.165, 1.54) is 11.8 Å². The molecule has 1 aromatic heterocycles. The molecule has 0 saturated carbocycles. The van der Waals surface area contributed by atoms with Crippen molar-refractivity contribution in [2.24, 2.45) is 7.05 Å². The number of benzene rings is 2. The molecule has 0 atom stereocenters. The summed E-state index contributed by atoms with van der Waals surface area (Å²) in [4.78, 5) is 33.8. The van der Waals surface area contributed by atoms with Crippen molar-refractivity contribution in [3.8, 4) is 5.75 Å². The molecular weight excluding hydrogens is 504 g/mol. The first-order valence-electron chi connectivity index (χ1n) is 12.3. The number of hydrogen-bond acceptors (Lipinski definition) is 7. The number of piperazine rings is 1. The molecule has 1 amide bonds. The van der Waals surface area contributed by atoms with Crippen molar-refractivity contribution in [1.29, 1.82) is 0 Å². The van der Waals surface area contributed by atoms with Gasteiger partial charge in [0.2, 0.25) is 0 Å². The summed E-state index contributed by atoms with van der Waals surface area (Å²) in [5.41, 5.74) is 3.30. The van der Waals surface area contributed by atoms with E-state index in [-0.39, 0.29) is 11.5 Å². The number of thiocarbonyl (C=S) groups is 1. The fourth-order valence-corrected chi connectivity index (χ4v) is 6.15. The zero-order valence-corrected chi connectivity index (χ0v) is 22.9. The fraction of sp³-hybridized carbons (Fsp3) is 0.321. The number of nitrogens with zero attached hydrogens (tertiary/aromatic N) is 4. The van der Waals surface area contributed by atoms with E-state index in [0.717, 1.165) is 54.1 Å². The molecule has 0 bridgehead atoms. The molecule has 0 N–H and O–H groups in total. The Morgan fingerprint density at radius 1 is 1.00 bits per heavy atom. The summed E-state index contributed by atoms with van der Waals surface area (Å²) in [5, 5.41) is 1.01. The predicted octanol–water partition coefficient (Wildman–Crippen LogP) is 3.74. The second-order valence-corrected chi connectivity index (χ2v) is 11.0. The van der Waals surface area contributed by atoms with Crippen LogP contribution in [-0.4, -0.2) is 71.5 Å². The van der Waals surface area contributed by atoms with Crippen molar-refractivity contribution in [2.75, 3.05) is 51.8 Å². The Morgan fingerprint density at radius 3 is 2.41 bits per heavy atom. The third-order valence-corrected chi connectivity index (χ3v) is 8.44. The lowest BCUT2D eigenvalue weighted by Crippen LogP contribution is -2.45. The summed E-state index contributed by atoms with van der Waals surface area (Å²) in [7, 11) is 5.53. The molecule has 2 aliphatic rings. The quantitative estimate of drug-likeness (QED) is 0.353. The number of aromatic nitrogens is 1. The minimum absolute atomic E-state index is 0.115. The molecule has 2 aromatic carbocycles. The number of thioether (sulfide) groups is 1. The summed E-state index contributed by atoms with van der Waals surface area (Å²) in [6.07, 6.45) is 2.43. The van der Waals surface area contributed by atoms with Crippen LogP contribution in [0.3, 0.4) is 0 Å². The van der Waals surface area contributed by atoms with Gasteiger partial charge in [-0.1, -0.05) is 54.3 Å². The van der Waals surface area contributed by atoms with E-state index < -0.39 is 0 Å². The Morgan fingerprint density at radius 2 is 1.70 bits per heavy atom. The van der Waals surface area contributed by atoms with Gasteiger partial charge in [-0.3, -0.25) is 14.5 Å². The summed E-state index contributed by atoms with van der Waals surface area (Å²) >= 11 is 6.85. The molecule has 9 heteroatoms. The molecule has 0 radical (unpaired) electrons. The van der Waals surface area contributed by atoms with E-state index in [2.05, 4.69) is 22.9 Å². The van der Waals surface area contributed by atoms with Gasteiger partial charge in [-0.25, -0.2) is 0 Å². The number of pyridine rings is 1. The van der Waals surface area contributed by atoms with Crippen LogP contribution in [0.2, 0.25) is 0 Å². The third-order valence-electron chi connectivity index (χ3n) is 7.06. The van der Waals surface area contributed by atoms with Crippen molar-refractivity contribution in [2.45, 2.75) is 6.42 Å². The predicted molar refractivity (Wildman–Crippen MR) is 155 cm³/mol. The van der Waals surface area contributed by atoms with Crippen LogP contribution in [0.25, 0.3) is 17.0 Å². The first-order valence-corrected chi connectivity index (χ1v) is 13.5. The molecule has 3 heterocycles. The van der Waals surface area contributed by atoms with Gasteiger partial charge in [-0.05, 0) is 43.3 Å². The normalized spacial score (nSPS) is 17.9. The van der Waals surface area contributed by atoms with E-state index in [9.17, 15) is 9.59 Å². The molecule has 0 spiro atoms. The number of carbonyl (C=O) groups is 1. The number of rotatable bonds is 6. The van der Waals surface area contributed by atoms with Crippen molar-refractivity contribution >= 4 is 56.9 Å². The summed E-state index contributed by atoms with van der Waals surface area (Å²) < 4.78 is 7.42. The van der Waals surface area contributed by atoms with Crippen molar-refractivity contribution in [3.05, 3.63) is 74.9 Å². The van der Waals surface area contributed by atoms with Crippen LogP contribution < -0.4 is 15.2 Å². The number of carbonyl (C=O) groups excluding carboxylic acids is 1. The van der Waals surface area contributed by atoms with Crippen LogP contribution in [0.15, 0.2) is 58.2 Å². The molecule has 2 fully saturated rings. The Bertz CT molecular complexity index is 1440. The number of hydrogen-bond donors (Lipinski definition) is 0. The first kappa shape index (κ1) is 25.5. The van der Waals surface area contributed by atoms with Gasteiger partial charge in [0.15, 0.2) is 0 Å². The van der Waals surface area contributed by atoms with E-state index in [4.69, 9.17) is 17.0 Å². The topological polar surface area (TPSA) is 58.0 Å². The Hall–Kier alpha value is -3.14. The smallest absolute Gasteiger partial charge is 0.266 e. The Labute approximate surface area is 226 Å². The van der Waals surface area contributed by atoms with Crippen molar-refractivity contribution in [3.63, 3.8) is 0 Å². The maximum Gasteiger partial charge on any atom is 0.266 e. The zero-order valence-electron chi connectivity index (χ0n) is 21.3. The van der Waals surface area contributed by atoms with E-state index in [1.807, 2.05) is 42.5 Å². The molecule has 2 aliphatic heterocycles. The van der Waals surface area contributed by atoms with Gasteiger partial charge < -0.3 is 19.1 Å². The maximum atomic E-state index is 13.6. The number of fused-ring (bicyclic) bond motifs is 1. The molecule has 2 saturated heterocycles. The molecule has 0 unspecified atom stereocenters. The van der Waals surface area contributed by atoms with E-state index in [1.54, 1.807) is 29.7 Å². The van der Waals surface area contributed by atoms with Gasteiger partial charge in [0, 0.05) is 45.2 Å². The number of aryl methyl sites for hydroxylation is 1. The monoisotopic (exact) mass is 534 g/mol.